The van der Waals surface area contributed by atoms with Crippen LogP contribution in [0, 0.1) is 11.3 Å². The summed E-state index contributed by atoms with van der Waals surface area (Å²) in [6, 6.07) is 11.7. The minimum absolute atomic E-state index is 0.0950. The highest BCUT2D eigenvalue weighted by Gasteiger charge is 2.56. The molecule has 0 radical (unpaired) electrons. The molecule has 1 fully saturated rings. The van der Waals surface area contributed by atoms with E-state index < -0.39 is 22.6 Å². The van der Waals surface area contributed by atoms with Crippen molar-refractivity contribution in [2.45, 2.75) is 17.1 Å². The van der Waals surface area contributed by atoms with Crippen LogP contribution < -0.4 is 0 Å². The second-order valence-corrected chi connectivity index (χ2v) is 7.80. The van der Waals surface area contributed by atoms with Crippen molar-refractivity contribution in [1.82, 2.24) is 4.90 Å². The topological polar surface area (TPSA) is 88.9 Å². The van der Waals surface area contributed by atoms with Gasteiger partial charge in [0.05, 0.1) is 44.1 Å². The SMILES string of the molecule is COC(=O)C1(C(=O)OC)CC(c2ccccc2)C(C#N)=C(N2CCOCC2)S1. The third-order valence-corrected chi connectivity index (χ3v) is 6.51. The number of hydrogen-bond donors (Lipinski definition) is 0. The number of thioether (sulfide) groups is 1. The van der Waals surface area contributed by atoms with Crippen LogP contribution >= 0.6 is 11.8 Å². The number of esters is 2. The van der Waals surface area contributed by atoms with E-state index in [9.17, 15) is 14.9 Å². The van der Waals surface area contributed by atoms with Gasteiger partial charge in [0.1, 0.15) is 0 Å². The number of nitrogens with zero attached hydrogens (tertiary/aromatic N) is 2. The average Bonchev–Trinajstić information content (AvgIpc) is 2.78. The van der Waals surface area contributed by atoms with Crippen molar-refractivity contribution in [3.05, 3.63) is 46.5 Å². The zero-order chi connectivity index (χ0) is 20.1. The third-order valence-electron chi connectivity index (χ3n) is 4.99. The summed E-state index contributed by atoms with van der Waals surface area (Å²) in [4.78, 5) is 27.6. The molecular weight excluding hydrogens is 380 g/mol. The average molecular weight is 402 g/mol. The normalized spacial score (nSPS) is 21.6. The summed E-state index contributed by atoms with van der Waals surface area (Å²) in [5.74, 6) is -1.77. The summed E-state index contributed by atoms with van der Waals surface area (Å²) in [7, 11) is 2.51. The van der Waals surface area contributed by atoms with Crippen LogP contribution in [0.3, 0.4) is 0 Å². The Morgan fingerprint density at radius 2 is 1.79 bits per heavy atom. The quantitative estimate of drug-likeness (QED) is 0.559. The molecule has 0 amide bonds. The number of methoxy groups -OCH3 is 2. The van der Waals surface area contributed by atoms with Crippen molar-refractivity contribution in [3.63, 3.8) is 0 Å². The highest BCUT2D eigenvalue weighted by atomic mass is 32.2. The zero-order valence-corrected chi connectivity index (χ0v) is 16.7. The van der Waals surface area contributed by atoms with Gasteiger partial charge in [0.15, 0.2) is 0 Å². The largest absolute Gasteiger partial charge is 0.468 e. The molecule has 3 rings (SSSR count). The Morgan fingerprint density at radius 1 is 1.18 bits per heavy atom. The zero-order valence-electron chi connectivity index (χ0n) is 15.8. The van der Waals surface area contributed by atoms with Gasteiger partial charge in [0.25, 0.3) is 0 Å². The van der Waals surface area contributed by atoms with Crippen LogP contribution in [0.1, 0.15) is 17.9 Å². The molecule has 1 aromatic carbocycles. The van der Waals surface area contributed by atoms with E-state index >= 15 is 0 Å². The first-order valence-corrected chi connectivity index (χ1v) is 9.76. The Bertz CT molecular complexity index is 796. The summed E-state index contributed by atoms with van der Waals surface area (Å²) < 4.78 is 13.8. The number of hydrogen-bond acceptors (Lipinski definition) is 8. The van der Waals surface area contributed by atoms with Crippen LogP contribution in [0.5, 0.6) is 0 Å². The molecule has 28 heavy (non-hydrogen) atoms. The second kappa shape index (κ2) is 8.67. The van der Waals surface area contributed by atoms with Gasteiger partial charge in [-0.3, -0.25) is 0 Å². The molecule has 7 nitrogen and oxygen atoms in total. The second-order valence-electron chi connectivity index (χ2n) is 6.51. The number of rotatable bonds is 4. The number of allylic oxidation sites excluding steroid dienone is 1. The number of benzene rings is 1. The molecule has 2 aliphatic rings. The highest BCUT2D eigenvalue weighted by molar-refractivity contribution is 8.05. The summed E-state index contributed by atoms with van der Waals surface area (Å²) in [5.41, 5.74) is 1.41. The van der Waals surface area contributed by atoms with Crippen LogP contribution in [0.15, 0.2) is 40.9 Å². The molecule has 2 heterocycles. The van der Waals surface area contributed by atoms with E-state index in [4.69, 9.17) is 14.2 Å². The fourth-order valence-electron chi connectivity index (χ4n) is 3.56. The van der Waals surface area contributed by atoms with Crippen LogP contribution in [0.4, 0.5) is 0 Å². The van der Waals surface area contributed by atoms with Gasteiger partial charge in [0.2, 0.25) is 4.75 Å². The van der Waals surface area contributed by atoms with Crippen molar-refractivity contribution in [1.29, 1.82) is 5.26 Å². The van der Waals surface area contributed by atoms with Gasteiger partial charge in [0, 0.05) is 19.0 Å². The molecule has 0 bridgehead atoms. The van der Waals surface area contributed by atoms with Gasteiger partial charge in [-0.05, 0) is 12.0 Å². The van der Waals surface area contributed by atoms with Crippen molar-refractivity contribution >= 4 is 23.7 Å². The van der Waals surface area contributed by atoms with Crippen LogP contribution in [0.25, 0.3) is 0 Å². The molecule has 1 aromatic rings. The van der Waals surface area contributed by atoms with Crippen molar-refractivity contribution in [2.24, 2.45) is 0 Å². The summed E-state index contributed by atoms with van der Waals surface area (Å²) in [6.07, 6.45) is 0.0950. The van der Waals surface area contributed by atoms with Gasteiger partial charge >= 0.3 is 11.9 Å². The Morgan fingerprint density at radius 3 is 2.32 bits per heavy atom. The van der Waals surface area contributed by atoms with Gasteiger partial charge in [-0.1, -0.05) is 42.1 Å². The lowest BCUT2D eigenvalue weighted by Crippen LogP contribution is -2.50. The molecule has 0 spiro atoms. The molecule has 0 saturated carbocycles. The van der Waals surface area contributed by atoms with Crippen molar-refractivity contribution in [3.8, 4) is 6.07 Å². The van der Waals surface area contributed by atoms with Crippen LogP contribution in [0.2, 0.25) is 0 Å². The van der Waals surface area contributed by atoms with Gasteiger partial charge < -0.3 is 19.1 Å². The van der Waals surface area contributed by atoms with Crippen LogP contribution in [-0.4, -0.2) is 62.1 Å². The Balaban J connectivity index is 2.17. The van der Waals surface area contributed by atoms with E-state index in [0.717, 1.165) is 17.3 Å². The van der Waals surface area contributed by atoms with Crippen LogP contribution in [-0.2, 0) is 23.8 Å². The first kappa shape index (κ1) is 20.2. The molecular formula is C20H22N2O5S. The van der Waals surface area contributed by atoms with E-state index in [1.165, 1.54) is 14.2 Å². The first-order valence-electron chi connectivity index (χ1n) is 8.95. The lowest BCUT2D eigenvalue weighted by Gasteiger charge is -2.41. The predicted octanol–water partition coefficient (Wildman–Crippen LogP) is 2.06. The van der Waals surface area contributed by atoms with E-state index in [-0.39, 0.29) is 6.42 Å². The number of carbonyl (C=O) groups excluding carboxylic acids is 2. The Kier molecular flexibility index (Phi) is 6.27. The number of nitriles is 1. The maximum atomic E-state index is 12.8. The predicted molar refractivity (Wildman–Crippen MR) is 103 cm³/mol. The first-order chi connectivity index (χ1) is 13.6. The van der Waals surface area contributed by atoms with Gasteiger partial charge in [-0.25, -0.2) is 9.59 Å². The fraction of sp³-hybridized carbons (Fsp3) is 0.450. The maximum absolute atomic E-state index is 12.8. The summed E-state index contributed by atoms with van der Waals surface area (Å²) in [6.45, 7) is 2.19. The fourth-order valence-corrected chi connectivity index (χ4v) is 5.08. The molecule has 1 atom stereocenters. The smallest absolute Gasteiger partial charge is 0.334 e. The maximum Gasteiger partial charge on any atom is 0.334 e. The van der Waals surface area contributed by atoms with E-state index in [2.05, 4.69) is 6.07 Å². The third kappa shape index (κ3) is 3.60. The van der Waals surface area contributed by atoms with E-state index in [1.807, 2.05) is 35.2 Å². The number of ether oxygens (including phenoxy) is 3. The number of carbonyl (C=O) groups is 2. The minimum Gasteiger partial charge on any atom is -0.468 e. The molecule has 0 aliphatic carbocycles. The molecule has 148 valence electrons. The van der Waals surface area contributed by atoms with Gasteiger partial charge in [-0.2, -0.15) is 5.26 Å². The van der Waals surface area contributed by atoms with Crippen molar-refractivity contribution in [2.75, 3.05) is 40.5 Å². The molecule has 8 heteroatoms. The Labute approximate surface area is 168 Å². The molecule has 1 saturated heterocycles. The summed E-state index contributed by atoms with van der Waals surface area (Å²) in [5, 5.41) is 10.6. The number of morpholine rings is 1. The van der Waals surface area contributed by atoms with E-state index in [0.29, 0.717) is 36.9 Å². The Hall–Kier alpha value is -2.50. The minimum atomic E-state index is -1.57. The highest BCUT2D eigenvalue weighted by Crippen LogP contribution is 2.52. The standard InChI is InChI=1S/C20H22N2O5S/c1-25-18(23)20(19(24)26-2)12-15(14-6-4-3-5-7-14)16(13-21)17(28-20)22-8-10-27-11-9-22/h3-7,15H,8-12H2,1-2H3. The molecule has 1 unspecified atom stereocenters. The van der Waals surface area contributed by atoms with Crippen molar-refractivity contribution < 1.29 is 23.8 Å². The van der Waals surface area contributed by atoms with E-state index in [1.54, 1.807) is 0 Å². The molecule has 2 aliphatic heterocycles. The summed E-state index contributed by atoms with van der Waals surface area (Å²) >= 11 is 1.06. The molecule has 0 aromatic heterocycles. The lowest BCUT2D eigenvalue weighted by molar-refractivity contribution is -0.156. The molecule has 0 N–H and O–H groups in total. The monoisotopic (exact) mass is 402 g/mol. The van der Waals surface area contributed by atoms with Gasteiger partial charge in [-0.15, -0.1) is 0 Å². The lowest BCUT2D eigenvalue weighted by atomic mass is 9.82.